The Morgan fingerprint density at radius 1 is 1.11 bits per heavy atom. The Kier molecular flexibility index (Phi) is 9.86. The second-order valence-corrected chi connectivity index (χ2v) is 17.5. The van der Waals surface area contributed by atoms with E-state index in [4.69, 9.17) is 17.3 Å². The van der Waals surface area contributed by atoms with E-state index < -0.39 is 7.44 Å². The van der Waals surface area contributed by atoms with Crippen molar-refractivity contribution < 1.29 is 23.6 Å². The third-order valence-electron chi connectivity index (χ3n) is 9.13. The molecule has 13 heteroatoms. The van der Waals surface area contributed by atoms with Gasteiger partial charge >= 0.3 is 0 Å². The van der Waals surface area contributed by atoms with Crippen molar-refractivity contribution in [2.24, 2.45) is 5.41 Å². The highest BCUT2D eigenvalue weighted by Crippen LogP contribution is 2.51. The molecule has 0 bridgehead atoms. The lowest BCUT2D eigenvalue weighted by atomic mass is 9.76. The van der Waals surface area contributed by atoms with E-state index in [1.807, 2.05) is 52.6 Å². The number of morpholine rings is 1. The van der Waals surface area contributed by atoms with Crippen LogP contribution in [0.1, 0.15) is 67.4 Å². The molecule has 1 aliphatic carbocycles. The number of hydrogen-bond acceptors (Lipinski definition) is 7. The fourth-order valence-electron chi connectivity index (χ4n) is 6.45. The number of ketones is 1. The van der Waals surface area contributed by atoms with Crippen LogP contribution in [0.2, 0.25) is 0 Å². The second kappa shape index (κ2) is 13.0. The van der Waals surface area contributed by atoms with Crippen LogP contribution in [-0.4, -0.2) is 132 Å². The molecule has 3 heterocycles. The molecule has 1 aromatic carbocycles. The summed E-state index contributed by atoms with van der Waals surface area (Å²) in [6, 6.07) is 7.00. The Morgan fingerprint density at radius 3 is 2.40 bits per heavy atom. The monoisotopic (exact) mass is 638 g/mol. The van der Waals surface area contributed by atoms with Gasteiger partial charge in [0.25, 0.3) is 5.91 Å². The van der Waals surface area contributed by atoms with Crippen LogP contribution in [0.25, 0.3) is 5.69 Å². The molecular formula is C32H48BN6O5P. The third kappa shape index (κ3) is 7.47. The van der Waals surface area contributed by atoms with E-state index >= 15 is 0 Å². The zero-order valence-electron chi connectivity index (χ0n) is 27.9. The first-order valence-electron chi connectivity index (χ1n) is 15.8. The van der Waals surface area contributed by atoms with Crippen LogP contribution in [0.3, 0.4) is 0 Å². The Hall–Kier alpha value is -2.34. The molecule has 0 N–H and O–H groups in total. The Balaban J connectivity index is 1.17. The highest BCUT2D eigenvalue weighted by molar-refractivity contribution is 7.58. The van der Waals surface area contributed by atoms with E-state index in [2.05, 4.69) is 44.6 Å². The molecular weight excluding hydrogens is 590 g/mol. The summed E-state index contributed by atoms with van der Waals surface area (Å²) in [5, 5.41) is 4.50. The average molecular weight is 639 g/mol. The molecule has 3 unspecified atom stereocenters. The lowest BCUT2D eigenvalue weighted by Crippen LogP contribution is -2.56. The molecule has 3 aliphatic rings. The topological polar surface area (TPSA) is 100 Å². The predicted molar refractivity (Wildman–Crippen MR) is 175 cm³/mol. The Morgan fingerprint density at radius 2 is 1.78 bits per heavy atom. The lowest BCUT2D eigenvalue weighted by molar-refractivity contribution is -0.101. The minimum atomic E-state index is -3.01. The van der Waals surface area contributed by atoms with Crippen LogP contribution in [0.5, 0.6) is 0 Å². The van der Waals surface area contributed by atoms with Gasteiger partial charge in [0, 0.05) is 62.8 Å². The molecule has 5 rings (SSSR count). The van der Waals surface area contributed by atoms with Gasteiger partial charge in [-0.05, 0) is 71.0 Å². The number of benzene rings is 1. The number of piperazine rings is 1. The van der Waals surface area contributed by atoms with Crippen molar-refractivity contribution in [3.63, 3.8) is 0 Å². The summed E-state index contributed by atoms with van der Waals surface area (Å²) in [4.78, 5) is 30.1. The lowest BCUT2D eigenvalue weighted by Gasteiger charge is -2.44. The van der Waals surface area contributed by atoms with Crippen LogP contribution < -0.4 is 0 Å². The van der Waals surface area contributed by atoms with Crippen molar-refractivity contribution in [3.8, 4) is 5.69 Å². The quantitative estimate of drug-likeness (QED) is 0.318. The molecule has 2 aromatic rings. The van der Waals surface area contributed by atoms with E-state index in [0.717, 1.165) is 17.8 Å². The number of Topliss-reactive ketones (excluding diaryl/α,β-unsaturated/α-hetero) is 1. The fraction of sp³-hybridized carbons (Fsp3) is 0.656. The molecule has 244 valence electrons. The van der Waals surface area contributed by atoms with Gasteiger partial charge in [0.1, 0.15) is 14.2 Å². The van der Waals surface area contributed by atoms with Crippen LogP contribution >= 0.6 is 7.44 Å². The molecule has 2 saturated heterocycles. The average Bonchev–Trinajstić information content (AvgIpc) is 3.39. The van der Waals surface area contributed by atoms with Crippen LogP contribution in [0.4, 0.5) is 0 Å². The van der Waals surface area contributed by atoms with Gasteiger partial charge in [-0.2, -0.15) is 5.10 Å². The molecule has 2 aliphatic heterocycles. The third-order valence-corrected chi connectivity index (χ3v) is 12.2. The number of amides is 1. The zero-order chi connectivity index (χ0) is 32.7. The summed E-state index contributed by atoms with van der Waals surface area (Å²) in [6.45, 7) is 14.2. The Bertz CT molecular complexity index is 1430. The van der Waals surface area contributed by atoms with Crippen molar-refractivity contribution >= 4 is 27.0 Å². The van der Waals surface area contributed by atoms with Gasteiger partial charge in [-0.15, -0.1) is 0 Å². The first-order chi connectivity index (χ1) is 21.1. The maximum atomic E-state index is 14.2. The molecule has 11 nitrogen and oxygen atoms in total. The van der Waals surface area contributed by atoms with E-state index in [1.54, 1.807) is 10.9 Å². The number of hydrogen-bond donors (Lipinski definition) is 0. The van der Waals surface area contributed by atoms with Crippen molar-refractivity contribution in [1.29, 1.82) is 0 Å². The summed E-state index contributed by atoms with van der Waals surface area (Å²) in [5.74, 6) is 0.0596. The van der Waals surface area contributed by atoms with Crippen molar-refractivity contribution in [1.82, 2.24) is 28.9 Å². The van der Waals surface area contributed by atoms with Crippen LogP contribution in [-0.2, 0) is 20.5 Å². The summed E-state index contributed by atoms with van der Waals surface area (Å²) in [7, 11) is 6.75. The SMILES string of the molecule is [B]C1CN(C(C)(C)C)CC(COCP(=O)(N(C)C)N2CCN(C(=O)c3ccc(-n4ncc5c4CC(C)(C)CC5=O)cc3)CC2)O1. The molecule has 1 aromatic heterocycles. The maximum Gasteiger partial charge on any atom is 0.253 e. The van der Waals surface area contributed by atoms with Gasteiger partial charge in [0.2, 0.25) is 7.44 Å². The number of nitrogens with zero attached hydrogens (tertiary/aromatic N) is 6. The molecule has 1 amide bonds. The summed E-state index contributed by atoms with van der Waals surface area (Å²) in [6.07, 6.45) is 2.81. The number of ether oxygens (including phenoxy) is 2. The minimum Gasteiger partial charge on any atom is -0.380 e. The fourth-order valence-corrected chi connectivity index (χ4v) is 8.50. The van der Waals surface area contributed by atoms with E-state index in [0.29, 0.717) is 63.4 Å². The number of carbonyl (C=O) groups is 2. The second-order valence-electron chi connectivity index (χ2n) is 14.5. The Labute approximate surface area is 269 Å². The smallest absolute Gasteiger partial charge is 0.253 e. The summed E-state index contributed by atoms with van der Waals surface area (Å²) in [5.41, 5.74) is 2.86. The molecule has 45 heavy (non-hydrogen) atoms. The first kappa shape index (κ1) is 34.0. The number of aromatic nitrogens is 2. The molecule has 0 spiro atoms. The van der Waals surface area contributed by atoms with Crippen LogP contribution in [0, 0.1) is 5.41 Å². The largest absolute Gasteiger partial charge is 0.380 e. The van der Waals surface area contributed by atoms with Crippen molar-refractivity contribution in [3.05, 3.63) is 47.3 Å². The first-order valence-corrected chi connectivity index (χ1v) is 17.6. The predicted octanol–water partition coefficient (Wildman–Crippen LogP) is 3.51. The number of fused-ring (bicyclic) bond motifs is 1. The van der Waals surface area contributed by atoms with Gasteiger partial charge in [0.05, 0.1) is 35.9 Å². The minimum absolute atomic E-state index is 0.0317. The molecule has 3 atom stereocenters. The number of carbonyl (C=O) groups excluding carboxylic acids is 2. The summed E-state index contributed by atoms with van der Waals surface area (Å²) >= 11 is 0. The molecule has 0 saturated carbocycles. The van der Waals surface area contributed by atoms with Gasteiger partial charge in [-0.25, -0.2) is 14.0 Å². The van der Waals surface area contributed by atoms with E-state index in [1.165, 1.54) is 0 Å². The highest BCUT2D eigenvalue weighted by atomic mass is 31.2. The van der Waals surface area contributed by atoms with Crippen molar-refractivity contribution in [2.45, 2.75) is 65.1 Å². The standard InChI is InChI=1S/C32H48BN6O5P/c1-31(2,3)37-19-25(44-29(33)20-37)21-43-22-45(42,35(6)7)38-14-12-36(13-15-38)30(41)23-8-10-24(11-9-23)39-27-16-32(4,5)17-28(40)26(27)18-34-39/h8-11,18,25,29H,12-17,19-22H2,1-7H3. The maximum absolute atomic E-state index is 14.2. The number of rotatable bonds is 8. The van der Waals surface area contributed by atoms with Crippen molar-refractivity contribution in [2.75, 3.05) is 66.3 Å². The van der Waals surface area contributed by atoms with Gasteiger partial charge in [-0.1, -0.05) is 13.8 Å². The van der Waals surface area contributed by atoms with E-state index in [9.17, 15) is 14.2 Å². The van der Waals surface area contributed by atoms with Gasteiger partial charge < -0.3 is 14.4 Å². The zero-order valence-corrected chi connectivity index (χ0v) is 28.8. The molecule has 2 fully saturated rings. The van der Waals surface area contributed by atoms with Crippen LogP contribution in [0.15, 0.2) is 30.5 Å². The summed E-state index contributed by atoms with van der Waals surface area (Å²) < 4.78 is 31.7. The van der Waals surface area contributed by atoms with E-state index in [-0.39, 0.29) is 41.1 Å². The van der Waals surface area contributed by atoms with Gasteiger partial charge in [0.15, 0.2) is 5.78 Å². The highest BCUT2D eigenvalue weighted by Gasteiger charge is 2.38. The van der Waals surface area contributed by atoms with Gasteiger partial charge in [-0.3, -0.25) is 19.1 Å². The molecule has 2 radical (unpaired) electrons. The normalized spacial score (nSPS) is 24.4.